The SMILES string of the molecule is CS(=O)(=O)c1ccc(-c2nncc(Cl)n2)cc1. The van der Waals surface area contributed by atoms with Crippen molar-refractivity contribution >= 4 is 21.4 Å². The van der Waals surface area contributed by atoms with Crippen LogP contribution in [0.4, 0.5) is 0 Å². The molecule has 1 aromatic carbocycles. The third-order valence-corrected chi connectivity index (χ3v) is 3.38. The van der Waals surface area contributed by atoms with Gasteiger partial charge in [0.1, 0.15) is 0 Å². The van der Waals surface area contributed by atoms with Gasteiger partial charge in [-0.1, -0.05) is 11.6 Å². The zero-order valence-electron chi connectivity index (χ0n) is 8.83. The van der Waals surface area contributed by atoms with E-state index in [0.717, 1.165) is 6.26 Å². The monoisotopic (exact) mass is 269 g/mol. The highest BCUT2D eigenvalue weighted by Gasteiger charge is 2.08. The van der Waals surface area contributed by atoms with Gasteiger partial charge < -0.3 is 0 Å². The van der Waals surface area contributed by atoms with Crippen molar-refractivity contribution in [3.63, 3.8) is 0 Å². The third-order valence-electron chi connectivity index (χ3n) is 2.07. The molecular formula is C10H8ClN3O2S. The summed E-state index contributed by atoms with van der Waals surface area (Å²) in [5, 5.41) is 7.71. The lowest BCUT2D eigenvalue weighted by Crippen LogP contribution is -1.97. The van der Waals surface area contributed by atoms with E-state index in [1.54, 1.807) is 12.1 Å². The van der Waals surface area contributed by atoms with Crippen LogP contribution in [0, 0.1) is 0 Å². The van der Waals surface area contributed by atoms with Crippen LogP contribution in [0.1, 0.15) is 0 Å². The second kappa shape index (κ2) is 4.38. The van der Waals surface area contributed by atoms with Crippen LogP contribution < -0.4 is 0 Å². The van der Waals surface area contributed by atoms with Crippen molar-refractivity contribution in [1.82, 2.24) is 15.2 Å². The molecule has 0 spiro atoms. The zero-order valence-corrected chi connectivity index (χ0v) is 10.4. The Kier molecular flexibility index (Phi) is 3.08. The number of hydrogen-bond acceptors (Lipinski definition) is 5. The van der Waals surface area contributed by atoms with Crippen molar-refractivity contribution in [1.29, 1.82) is 0 Å². The number of nitrogens with zero attached hydrogens (tertiary/aromatic N) is 3. The van der Waals surface area contributed by atoms with E-state index >= 15 is 0 Å². The molecule has 0 aliphatic carbocycles. The number of hydrogen-bond donors (Lipinski definition) is 0. The summed E-state index contributed by atoms with van der Waals surface area (Å²) < 4.78 is 22.5. The van der Waals surface area contributed by atoms with E-state index < -0.39 is 9.84 Å². The van der Waals surface area contributed by atoms with Crippen LogP contribution in [0.25, 0.3) is 11.4 Å². The molecule has 0 aliphatic heterocycles. The first-order chi connectivity index (χ1) is 7.97. The van der Waals surface area contributed by atoms with Crippen LogP contribution >= 0.6 is 11.6 Å². The van der Waals surface area contributed by atoms with Gasteiger partial charge in [-0.25, -0.2) is 13.4 Å². The van der Waals surface area contributed by atoms with Crippen molar-refractivity contribution in [2.24, 2.45) is 0 Å². The summed E-state index contributed by atoms with van der Waals surface area (Å²) in [5.41, 5.74) is 0.660. The Morgan fingerprint density at radius 3 is 2.35 bits per heavy atom. The van der Waals surface area contributed by atoms with Gasteiger partial charge in [0.15, 0.2) is 20.8 Å². The Hall–Kier alpha value is -1.53. The second-order valence-corrected chi connectivity index (χ2v) is 5.80. The van der Waals surface area contributed by atoms with Crippen LogP contribution in [0.5, 0.6) is 0 Å². The molecule has 0 fully saturated rings. The molecule has 0 radical (unpaired) electrons. The van der Waals surface area contributed by atoms with Gasteiger partial charge in [-0.05, 0) is 24.3 Å². The van der Waals surface area contributed by atoms with E-state index in [-0.39, 0.29) is 10.0 Å². The minimum absolute atomic E-state index is 0.238. The standard InChI is InChI=1S/C10H8ClN3O2S/c1-17(15,16)8-4-2-7(3-5-8)10-13-9(11)6-12-14-10/h2-6H,1H3. The maximum Gasteiger partial charge on any atom is 0.183 e. The van der Waals surface area contributed by atoms with Gasteiger partial charge in [0.05, 0.1) is 11.1 Å². The summed E-state index contributed by atoms with van der Waals surface area (Å²) in [6.07, 6.45) is 2.48. The molecule has 5 nitrogen and oxygen atoms in total. The Labute approximate surface area is 103 Å². The van der Waals surface area contributed by atoms with Gasteiger partial charge >= 0.3 is 0 Å². The average Bonchev–Trinajstić information content (AvgIpc) is 2.28. The summed E-state index contributed by atoms with van der Waals surface area (Å²) >= 11 is 5.69. The molecule has 1 heterocycles. The molecule has 2 aromatic rings. The van der Waals surface area contributed by atoms with E-state index in [9.17, 15) is 8.42 Å². The van der Waals surface area contributed by atoms with Gasteiger partial charge in [0.25, 0.3) is 0 Å². The summed E-state index contributed by atoms with van der Waals surface area (Å²) in [6, 6.07) is 6.22. The number of aromatic nitrogens is 3. The largest absolute Gasteiger partial charge is 0.224 e. The molecule has 88 valence electrons. The molecule has 0 atom stereocenters. The van der Waals surface area contributed by atoms with Crippen LogP contribution in [0.15, 0.2) is 35.4 Å². The van der Waals surface area contributed by atoms with Crippen molar-refractivity contribution in [3.8, 4) is 11.4 Å². The lowest BCUT2D eigenvalue weighted by atomic mass is 10.2. The fourth-order valence-corrected chi connectivity index (χ4v) is 2.01. The first kappa shape index (κ1) is 11.9. The first-order valence-corrected chi connectivity index (χ1v) is 6.89. The number of benzene rings is 1. The lowest BCUT2D eigenvalue weighted by molar-refractivity contribution is 0.602. The maximum absolute atomic E-state index is 11.3. The molecule has 0 amide bonds. The van der Waals surface area contributed by atoms with Crippen molar-refractivity contribution in [2.75, 3.05) is 6.26 Å². The fraction of sp³-hybridized carbons (Fsp3) is 0.100. The predicted molar refractivity (Wildman–Crippen MR) is 63.4 cm³/mol. The van der Waals surface area contributed by atoms with Gasteiger partial charge in [0, 0.05) is 11.8 Å². The second-order valence-electron chi connectivity index (χ2n) is 3.40. The summed E-state index contributed by atoms with van der Waals surface area (Å²) in [7, 11) is -3.19. The van der Waals surface area contributed by atoms with E-state index in [1.165, 1.54) is 18.3 Å². The van der Waals surface area contributed by atoms with Crippen LogP contribution in [-0.2, 0) is 9.84 Å². The van der Waals surface area contributed by atoms with E-state index in [4.69, 9.17) is 11.6 Å². The summed E-state index contributed by atoms with van der Waals surface area (Å²) in [5.74, 6) is 0.359. The molecule has 7 heteroatoms. The summed E-state index contributed by atoms with van der Waals surface area (Å²) in [6.45, 7) is 0. The smallest absolute Gasteiger partial charge is 0.183 e. The molecule has 17 heavy (non-hydrogen) atoms. The zero-order chi connectivity index (χ0) is 12.5. The van der Waals surface area contributed by atoms with Crippen LogP contribution in [0.2, 0.25) is 5.15 Å². The summed E-state index contributed by atoms with van der Waals surface area (Å²) in [4.78, 5) is 4.22. The molecular weight excluding hydrogens is 262 g/mol. The number of halogens is 1. The maximum atomic E-state index is 11.3. The highest BCUT2D eigenvalue weighted by molar-refractivity contribution is 7.90. The fourth-order valence-electron chi connectivity index (χ4n) is 1.26. The molecule has 0 bridgehead atoms. The van der Waals surface area contributed by atoms with E-state index in [0.29, 0.717) is 11.4 Å². The Bertz CT molecular complexity index is 641. The van der Waals surface area contributed by atoms with E-state index in [1.807, 2.05) is 0 Å². The topological polar surface area (TPSA) is 72.8 Å². The van der Waals surface area contributed by atoms with Gasteiger partial charge in [-0.15, -0.1) is 5.10 Å². The Balaban J connectivity index is 2.43. The van der Waals surface area contributed by atoms with Crippen molar-refractivity contribution < 1.29 is 8.42 Å². The predicted octanol–water partition coefficient (Wildman–Crippen LogP) is 1.60. The molecule has 2 rings (SSSR count). The molecule has 0 saturated heterocycles. The lowest BCUT2D eigenvalue weighted by Gasteiger charge is -2.01. The van der Waals surface area contributed by atoms with Crippen molar-refractivity contribution in [3.05, 3.63) is 35.6 Å². The van der Waals surface area contributed by atoms with Gasteiger partial charge in [-0.2, -0.15) is 5.10 Å². The molecule has 0 saturated carbocycles. The molecule has 0 aliphatic rings. The highest BCUT2D eigenvalue weighted by Crippen LogP contribution is 2.18. The highest BCUT2D eigenvalue weighted by atomic mass is 35.5. The van der Waals surface area contributed by atoms with Gasteiger partial charge in [-0.3, -0.25) is 0 Å². The number of sulfone groups is 1. The minimum atomic E-state index is -3.19. The minimum Gasteiger partial charge on any atom is -0.224 e. The quantitative estimate of drug-likeness (QED) is 0.828. The first-order valence-electron chi connectivity index (χ1n) is 4.62. The molecule has 0 unspecified atom stereocenters. The average molecular weight is 270 g/mol. The van der Waals surface area contributed by atoms with Crippen LogP contribution in [0.3, 0.4) is 0 Å². The molecule has 1 aromatic heterocycles. The Morgan fingerprint density at radius 1 is 1.18 bits per heavy atom. The van der Waals surface area contributed by atoms with Crippen LogP contribution in [-0.4, -0.2) is 29.9 Å². The van der Waals surface area contributed by atoms with Crippen molar-refractivity contribution in [2.45, 2.75) is 4.90 Å². The van der Waals surface area contributed by atoms with E-state index in [2.05, 4.69) is 15.2 Å². The number of rotatable bonds is 2. The third kappa shape index (κ3) is 2.78. The normalized spacial score (nSPS) is 11.4. The Morgan fingerprint density at radius 2 is 1.82 bits per heavy atom. The molecule has 0 N–H and O–H groups in total. The van der Waals surface area contributed by atoms with Gasteiger partial charge in [0.2, 0.25) is 0 Å².